The molecule has 2 N–H and O–H groups in total. The van der Waals surface area contributed by atoms with Gasteiger partial charge in [-0.25, -0.2) is 0 Å². The second-order valence-corrected chi connectivity index (χ2v) is 3.19. The highest BCUT2D eigenvalue weighted by atomic mass is 32.1. The zero-order valence-electron chi connectivity index (χ0n) is 9.43. The minimum atomic E-state index is 0.0876. The largest absolute Gasteiger partial charge is 0.506 e. The average Bonchev–Trinajstić information content (AvgIpc) is 2.64. The lowest BCUT2D eigenvalue weighted by molar-refractivity contribution is 0.474. The van der Waals surface area contributed by atoms with Crippen LogP contribution >= 0.6 is 12.2 Å². The van der Waals surface area contributed by atoms with Crippen LogP contribution in [0.5, 0.6) is 5.75 Å². The molecule has 0 aromatic carbocycles. The summed E-state index contributed by atoms with van der Waals surface area (Å²) >= 11 is 4.96. The Morgan fingerprint density at radius 1 is 1.44 bits per heavy atom. The minimum Gasteiger partial charge on any atom is -0.506 e. The third-order valence-corrected chi connectivity index (χ3v) is 2.29. The summed E-state index contributed by atoms with van der Waals surface area (Å²) in [5, 5.41) is 16.2. The van der Waals surface area contributed by atoms with Crippen molar-refractivity contribution in [3.63, 3.8) is 0 Å². The molecule has 0 aliphatic carbocycles. The molecule has 0 spiro atoms. The van der Waals surface area contributed by atoms with E-state index >= 15 is 0 Å². The minimum absolute atomic E-state index is 0.0876. The smallest absolute Gasteiger partial charge is 0.195 e. The van der Waals surface area contributed by atoms with Gasteiger partial charge in [0.2, 0.25) is 0 Å². The zero-order chi connectivity index (χ0) is 12.1. The van der Waals surface area contributed by atoms with Crippen molar-refractivity contribution >= 4 is 12.2 Å². The molecule has 2 rings (SSSR count). The molecule has 0 saturated carbocycles. The van der Waals surface area contributed by atoms with E-state index in [2.05, 4.69) is 15.2 Å². The van der Waals surface area contributed by atoms with Crippen molar-refractivity contribution in [2.75, 3.05) is 0 Å². The highest BCUT2D eigenvalue weighted by Gasteiger charge is 2.09. The van der Waals surface area contributed by atoms with Gasteiger partial charge in [0.15, 0.2) is 10.6 Å². The first-order chi connectivity index (χ1) is 7.70. The number of pyridine rings is 1. The van der Waals surface area contributed by atoms with E-state index in [1.54, 1.807) is 23.9 Å². The lowest BCUT2D eigenvalue weighted by Crippen LogP contribution is -1.92. The van der Waals surface area contributed by atoms with Gasteiger partial charge >= 0.3 is 0 Å². The van der Waals surface area contributed by atoms with Crippen LogP contribution in [0, 0.1) is 4.77 Å². The fourth-order valence-corrected chi connectivity index (χ4v) is 1.30. The summed E-state index contributed by atoms with van der Waals surface area (Å²) in [6.07, 6.45) is 2.96. The van der Waals surface area contributed by atoms with E-state index in [4.69, 9.17) is 12.2 Å². The molecule has 0 aliphatic rings. The van der Waals surface area contributed by atoms with Gasteiger partial charge < -0.3 is 9.67 Å². The van der Waals surface area contributed by atoms with Gasteiger partial charge in [0.1, 0.15) is 5.75 Å². The Morgan fingerprint density at radius 2 is 2.12 bits per heavy atom. The third-order valence-electron chi connectivity index (χ3n) is 1.92. The van der Waals surface area contributed by atoms with Gasteiger partial charge in [-0.15, -0.1) is 0 Å². The van der Waals surface area contributed by atoms with Crippen LogP contribution in [0.1, 0.15) is 13.8 Å². The number of hydrogen-bond acceptors (Lipinski definition) is 4. The molecule has 0 saturated heterocycles. The molecule has 2 heterocycles. The number of nitrogens with one attached hydrogen (secondary N) is 1. The van der Waals surface area contributed by atoms with Crippen molar-refractivity contribution in [1.82, 2.24) is 19.7 Å². The Hall–Kier alpha value is -1.69. The molecule has 6 heteroatoms. The second-order valence-electron chi connectivity index (χ2n) is 2.80. The summed E-state index contributed by atoms with van der Waals surface area (Å²) in [4.78, 5) is 3.78. The molecule has 0 radical (unpaired) electrons. The molecule has 0 fully saturated rings. The van der Waals surface area contributed by atoms with E-state index in [9.17, 15) is 5.11 Å². The van der Waals surface area contributed by atoms with Crippen molar-refractivity contribution in [2.45, 2.75) is 13.8 Å². The zero-order valence-corrected chi connectivity index (χ0v) is 10.2. The maximum atomic E-state index is 9.53. The number of rotatable bonds is 1. The van der Waals surface area contributed by atoms with E-state index in [0.29, 0.717) is 16.2 Å². The summed E-state index contributed by atoms with van der Waals surface area (Å²) in [7, 11) is 1.78. The first-order valence-corrected chi connectivity index (χ1v) is 5.35. The standard InChI is InChI=1S/C8H8N4OS.C2H6/c1-12-7(10-11-8(12)14)5-2-3-9-4-6(5)13;1-2/h2-4,13H,1H3,(H,11,14);1-2H3. The molecule has 16 heavy (non-hydrogen) atoms. The van der Waals surface area contributed by atoms with Gasteiger partial charge in [-0.05, 0) is 18.3 Å². The van der Waals surface area contributed by atoms with Crippen LogP contribution in [0.3, 0.4) is 0 Å². The molecule has 0 unspecified atom stereocenters. The monoisotopic (exact) mass is 238 g/mol. The van der Waals surface area contributed by atoms with E-state index in [1.165, 1.54) is 6.20 Å². The molecule has 86 valence electrons. The predicted molar refractivity (Wildman–Crippen MR) is 64.6 cm³/mol. The SMILES string of the molecule is CC.Cn1c(-c2ccncc2O)n[nH]c1=S. The van der Waals surface area contributed by atoms with Gasteiger partial charge in [-0.2, -0.15) is 5.10 Å². The molecule has 0 bridgehead atoms. The van der Waals surface area contributed by atoms with Gasteiger partial charge in [0.05, 0.1) is 11.8 Å². The maximum absolute atomic E-state index is 9.53. The topological polar surface area (TPSA) is 66.7 Å². The summed E-state index contributed by atoms with van der Waals surface area (Å²) in [5.74, 6) is 0.680. The molecule has 2 aromatic heterocycles. The molecular formula is C10H14N4OS. The summed E-state index contributed by atoms with van der Waals surface area (Å²) in [6, 6.07) is 1.68. The Kier molecular flexibility index (Phi) is 4.19. The van der Waals surface area contributed by atoms with Crippen molar-refractivity contribution in [1.29, 1.82) is 0 Å². The van der Waals surface area contributed by atoms with Crippen LogP contribution < -0.4 is 0 Å². The molecule has 0 amide bonds. The van der Waals surface area contributed by atoms with Crippen LogP contribution in [-0.2, 0) is 7.05 Å². The summed E-state index contributed by atoms with van der Waals surface area (Å²) in [5.41, 5.74) is 0.606. The fourth-order valence-electron chi connectivity index (χ4n) is 1.16. The van der Waals surface area contributed by atoms with Gasteiger partial charge in [0, 0.05) is 13.2 Å². The normalized spacial score (nSPS) is 9.44. The van der Waals surface area contributed by atoms with Crippen molar-refractivity contribution in [3.05, 3.63) is 23.2 Å². The summed E-state index contributed by atoms with van der Waals surface area (Å²) < 4.78 is 2.20. The summed E-state index contributed by atoms with van der Waals surface area (Å²) in [6.45, 7) is 4.00. The number of nitrogens with zero attached hydrogens (tertiary/aromatic N) is 3. The number of aromatic hydroxyl groups is 1. The number of aromatic amines is 1. The quantitative estimate of drug-likeness (QED) is 0.748. The van der Waals surface area contributed by atoms with E-state index in [0.717, 1.165) is 0 Å². The molecule has 5 nitrogen and oxygen atoms in total. The predicted octanol–water partition coefficient (Wildman–Crippen LogP) is 2.27. The van der Waals surface area contributed by atoms with E-state index in [1.807, 2.05) is 13.8 Å². The van der Waals surface area contributed by atoms with Crippen LogP contribution in [-0.4, -0.2) is 24.9 Å². The van der Waals surface area contributed by atoms with Crippen LogP contribution in [0.25, 0.3) is 11.4 Å². The lowest BCUT2D eigenvalue weighted by atomic mass is 10.2. The average molecular weight is 238 g/mol. The van der Waals surface area contributed by atoms with Gasteiger partial charge in [-0.3, -0.25) is 10.1 Å². The van der Waals surface area contributed by atoms with Crippen LogP contribution in [0.2, 0.25) is 0 Å². The number of aromatic nitrogens is 4. The fraction of sp³-hybridized carbons (Fsp3) is 0.300. The first kappa shape index (κ1) is 12.4. The third kappa shape index (κ3) is 2.27. The Bertz CT molecular complexity index is 518. The lowest BCUT2D eigenvalue weighted by Gasteiger charge is -2.01. The maximum Gasteiger partial charge on any atom is 0.195 e. The van der Waals surface area contributed by atoms with Crippen molar-refractivity contribution < 1.29 is 5.11 Å². The highest BCUT2D eigenvalue weighted by Crippen LogP contribution is 2.25. The second kappa shape index (κ2) is 5.41. The van der Waals surface area contributed by atoms with E-state index < -0.39 is 0 Å². The van der Waals surface area contributed by atoms with Gasteiger partial charge in [0.25, 0.3) is 0 Å². The Morgan fingerprint density at radius 3 is 2.62 bits per heavy atom. The first-order valence-electron chi connectivity index (χ1n) is 4.95. The molecular weight excluding hydrogens is 224 g/mol. The molecule has 0 atom stereocenters. The molecule has 0 aliphatic heterocycles. The Labute approximate surface area is 98.8 Å². The number of H-pyrrole nitrogens is 1. The Balaban J connectivity index is 0.000000606. The van der Waals surface area contributed by atoms with Crippen LogP contribution in [0.4, 0.5) is 0 Å². The van der Waals surface area contributed by atoms with Crippen molar-refractivity contribution in [3.8, 4) is 17.1 Å². The molecule has 2 aromatic rings. The highest BCUT2D eigenvalue weighted by molar-refractivity contribution is 7.71. The van der Waals surface area contributed by atoms with Crippen molar-refractivity contribution in [2.24, 2.45) is 7.05 Å². The number of hydrogen-bond donors (Lipinski definition) is 2. The van der Waals surface area contributed by atoms with Gasteiger partial charge in [-0.1, -0.05) is 13.8 Å². The van der Waals surface area contributed by atoms with Crippen LogP contribution in [0.15, 0.2) is 18.5 Å². The van der Waals surface area contributed by atoms with E-state index in [-0.39, 0.29) is 5.75 Å².